The third kappa shape index (κ3) is 4.73. The van der Waals surface area contributed by atoms with Crippen LogP contribution in [0.15, 0.2) is 12.3 Å². The molecular weight excluding hydrogens is 385 g/mol. The molecule has 2 aromatic rings. The van der Waals surface area contributed by atoms with E-state index in [9.17, 15) is 4.79 Å². The quantitative estimate of drug-likeness (QED) is 0.824. The van der Waals surface area contributed by atoms with E-state index >= 15 is 0 Å². The van der Waals surface area contributed by atoms with E-state index in [1.807, 2.05) is 22.7 Å². The van der Waals surface area contributed by atoms with Crippen molar-refractivity contribution in [1.82, 2.24) is 25.0 Å². The lowest BCUT2D eigenvalue weighted by Crippen LogP contribution is -2.47. The van der Waals surface area contributed by atoms with Gasteiger partial charge in [0.05, 0.1) is 17.1 Å². The highest BCUT2D eigenvalue weighted by atomic mass is 35.5. The smallest absolute Gasteiger partial charge is 0.254 e. The number of rotatable bonds is 4. The van der Waals surface area contributed by atoms with Gasteiger partial charge in [0.2, 0.25) is 0 Å². The molecule has 1 fully saturated rings. The van der Waals surface area contributed by atoms with Crippen LogP contribution >= 0.6 is 24.8 Å². The minimum absolute atomic E-state index is 0. The Hall–Kier alpha value is -1.37. The normalized spacial score (nSPS) is 17.1. The number of nitrogens with one attached hydrogen (secondary N) is 1. The maximum atomic E-state index is 13.3. The maximum Gasteiger partial charge on any atom is 0.254 e. The molecule has 1 amide bonds. The molecule has 27 heavy (non-hydrogen) atoms. The molecule has 0 saturated carbocycles. The zero-order valence-electron chi connectivity index (χ0n) is 16.7. The summed E-state index contributed by atoms with van der Waals surface area (Å²) in [6.07, 6.45) is 3.95. The predicted molar refractivity (Wildman–Crippen MR) is 114 cm³/mol. The molecule has 1 N–H and O–H groups in total. The Morgan fingerprint density at radius 2 is 1.96 bits per heavy atom. The van der Waals surface area contributed by atoms with Crippen LogP contribution in [0.4, 0.5) is 0 Å². The summed E-state index contributed by atoms with van der Waals surface area (Å²) >= 11 is 0. The van der Waals surface area contributed by atoms with Gasteiger partial charge in [0.1, 0.15) is 0 Å². The Balaban J connectivity index is 0.00000182. The Morgan fingerprint density at radius 3 is 2.56 bits per heavy atom. The van der Waals surface area contributed by atoms with Crippen LogP contribution in [-0.4, -0.2) is 51.8 Å². The summed E-state index contributed by atoms with van der Waals surface area (Å²) in [6, 6.07) is 2.54. The van der Waals surface area contributed by atoms with Crippen molar-refractivity contribution in [2.24, 2.45) is 0 Å². The summed E-state index contributed by atoms with van der Waals surface area (Å²) < 4.78 is 1.91. The van der Waals surface area contributed by atoms with Crippen molar-refractivity contribution in [3.05, 3.63) is 23.5 Å². The van der Waals surface area contributed by atoms with Crippen molar-refractivity contribution in [3.8, 4) is 0 Å². The molecule has 152 valence electrons. The van der Waals surface area contributed by atoms with Crippen LogP contribution in [0.25, 0.3) is 11.0 Å². The second-order valence-corrected chi connectivity index (χ2v) is 7.55. The van der Waals surface area contributed by atoms with Gasteiger partial charge in [0.25, 0.3) is 5.91 Å². The van der Waals surface area contributed by atoms with Gasteiger partial charge < -0.3 is 10.2 Å². The lowest BCUT2D eigenvalue weighted by atomic mass is 10.0. The third-order valence-corrected chi connectivity index (χ3v) is 5.01. The number of likely N-dealkylation sites (tertiary alicyclic amines) is 1. The number of aromatic nitrogens is 3. The van der Waals surface area contributed by atoms with Crippen LogP contribution in [-0.2, 0) is 0 Å². The molecule has 6 nitrogen and oxygen atoms in total. The molecule has 1 saturated heterocycles. The summed E-state index contributed by atoms with van der Waals surface area (Å²) in [6.45, 7) is 9.96. The second-order valence-electron chi connectivity index (χ2n) is 7.55. The van der Waals surface area contributed by atoms with Gasteiger partial charge in [-0.25, -0.2) is 9.67 Å². The van der Waals surface area contributed by atoms with Gasteiger partial charge in [-0.1, -0.05) is 13.8 Å². The first kappa shape index (κ1) is 23.7. The third-order valence-electron chi connectivity index (χ3n) is 5.01. The Morgan fingerprint density at radius 1 is 1.26 bits per heavy atom. The van der Waals surface area contributed by atoms with Gasteiger partial charge in [0.15, 0.2) is 5.65 Å². The standard InChI is InChI=1S/C19H29N5O.2ClH/c1-12(2)17-9-15(16-10-21-24(13(3)4)18(16)22-17)19(25)23-8-6-7-14(11-23)20-5;;/h9-10,12-14,20H,6-8,11H2,1-5H3;2*1H. The van der Waals surface area contributed by atoms with Crippen molar-refractivity contribution < 1.29 is 4.79 Å². The van der Waals surface area contributed by atoms with E-state index in [-0.39, 0.29) is 42.7 Å². The summed E-state index contributed by atoms with van der Waals surface area (Å²) in [5.41, 5.74) is 2.49. The number of halogens is 2. The average molecular weight is 416 g/mol. The number of likely N-dealkylation sites (N-methyl/N-ethyl adjacent to an activating group) is 1. The Kier molecular flexibility index (Phi) is 8.51. The van der Waals surface area contributed by atoms with Gasteiger partial charge in [-0.3, -0.25) is 4.79 Å². The summed E-state index contributed by atoms with van der Waals surface area (Å²) in [7, 11) is 1.97. The zero-order valence-corrected chi connectivity index (χ0v) is 18.4. The molecule has 1 aliphatic heterocycles. The van der Waals surface area contributed by atoms with Gasteiger partial charge >= 0.3 is 0 Å². The second kappa shape index (κ2) is 9.71. The molecule has 0 bridgehead atoms. The van der Waals surface area contributed by atoms with Crippen LogP contribution in [0, 0.1) is 0 Å². The molecule has 0 aromatic carbocycles. The first-order valence-corrected chi connectivity index (χ1v) is 9.27. The fraction of sp³-hybridized carbons (Fsp3) is 0.632. The summed E-state index contributed by atoms with van der Waals surface area (Å²) in [5, 5.41) is 8.65. The van der Waals surface area contributed by atoms with Crippen LogP contribution < -0.4 is 5.32 Å². The number of piperidine rings is 1. The molecule has 0 aliphatic carbocycles. The molecule has 0 spiro atoms. The lowest BCUT2D eigenvalue weighted by Gasteiger charge is -2.32. The molecule has 8 heteroatoms. The number of carbonyl (C=O) groups excluding carboxylic acids is 1. The van der Waals surface area contributed by atoms with E-state index in [0.717, 1.165) is 48.2 Å². The number of amides is 1. The summed E-state index contributed by atoms with van der Waals surface area (Å²) in [5.74, 6) is 0.357. The number of pyridine rings is 1. The average Bonchev–Trinajstić information content (AvgIpc) is 3.04. The minimum Gasteiger partial charge on any atom is -0.337 e. The molecule has 3 heterocycles. The van der Waals surface area contributed by atoms with Gasteiger partial charge in [-0.05, 0) is 45.7 Å². The SMILES string of the molecule is CNC1CCCN(C(=O)c2cc(C(C)C)nc3c2cnn3C(C)C)C1.Cl.Cl. The van der Waals surface area contributed by atoms with Crippen molar-refractivity contribution in [1.29, 1.82) is 0 Å². The first-order chi connectivity index (χ1) is 11.9. The van der Waals surface area contributed by atoms with Crippen LogP contribution in [0.2, 0.25) is 0 Å². The molecule has 1 aliphatic rings. The first-order valence-electron chi connectivity index (χ1n) is 9.27. The molecular formula is C19H31Cl2N5O. The fourth-order valence-corrected chi connectivity index (χ4v) is 3.46. The Bertz CT molecular complexity index is 775. The zero-order chi connectivity index (χ0) is 18.1. The highest BCUT2D eigenvalue weighted by Gasteiger charge is 2.26. The molecule has 0 radical (unpaired) electrons. The van der Waals surface area contributed by atoms with Crippen LogP contribution in [0.3, 0.4) is 0 Å². The maximum absolute atomic E-state index is 13.3. The summed E-state index contributed by atoms with van der Waals surface area (Å²) in [4.78, 5) is 20.0. The van der Waals surface area contributed by atoms with E-state index in [4.69, 9.17) is 4.98 Å². The van der Waals surface area contributed by atoms with E-state index in [1.165, 1.54) is 0 Å². The van der Waals surface area contributed by atoms with Crippen LogP contribution in [0.1, 0.15) is 68.5 Å². The molecule has 3 rings (SSSR count). The molecule has 2 aromatic heterocycles. The van der Waals surface area contributed by atoms with Crippen molar-refractivity contribution in [2.45, 2.75) is 58.5 Å². The van der Waals surface area contributed by atoms with Gasteiger partial charge in [-0.2, -0.15) is 5.10 Å². The highest BCUT2D eigenvalue weighted by molar-refractivity contribution is 6.05. The number of fused-ring (bicyclic) bond motifs is 1. The monoisotopic (exact) mass is 415 g/mol. The minimum atomic E-state index is 0. The van der Waals surface area contributed by atoms with E-state index < -0.39 is 0 Å². The fourth-order valence-electron chi connectivity index (χ4n) is 3.46. The topological polar surface area (TPSA) is 63.1 Å². The van der Waals surface area contributed by atoms with E-state index in [2.05, 4.69) is 38.1 Å². The van der Waals surface area contributed by atoms with Crippen molar-refractivity contribution in [2.75, 3.05) is 20.1 Å². The van der Waals surface area contributed by atoms with Crippen LogP contribution in [0.5, 0.6) is 0 Å². The van der Waals surface area contributed by atoms with Gasteiger partial charge in [-0.15, -0.1) is 24.8 Å². The number of nitrogens with zero attached hydrogens (tertiary/aromatic N) is 4. The Labute approximate surface area is 173 Å². The predicted octanol–water partition coefficient (Wildman–Crippen LogP) is 3.80. The number of hydrogen-bond acceptors (Lipinski definition) is 4. The van der Waals surface area contributed by atoms with Gasteiger partial charge in [0, 0.05) is 30.9 Å². The molecule has 1 atom stereocenters. The highest BCUT2D eigenvalue weighted by Crippen LogP contribution is 2.26. The largest absolute Gasteiger partial charge is 0.337 e. The van der Waals surface area contributed by atoms with Crippen molar-refractivity contribution >= 4 is 41.8 Å². The van der Waals surface area contributed by atoms with E-state index in [1.54, 1.807) is 6.20 Å². The van der Waals surface area contributed by atoms with Crippen molar-refractivity contribution in [3.63, 3.8) is 0 Å². The number of carbonyl (C=O) groups is 1. The van der Waals surface area contributed by atoms with E-state index in [0.29, 0.717) is 6.04 Å². The molecule has 1 unspecified atom stereocenters. The lowest BCUT2D eigenvalue weighted by molar-refractivity contribution is 0.0700. The number of hydrogen-bond donors (Lipinski definition) is 1.